The molecule has 0 atom stereocenters. The number of piperidine rings is 1. The van der Waals surface area contributed by atoms with Crippen LogP contribution in [0.2, 0.25) is 0 Å². The zero-order valence-corrected chi connectivity index (χ0v) is 14.7. The van der Waals surface area contributed by atoms with Gasteiger partial charge < -0.3 is 4.57 Å². The van der Waals surface area contributed by atoms with E-state index < -0.39 is 25.1 Å². The maximum atomic E-state index is 12.6. The van der Waals surface area contributed by atoms with Gasteiger partial charge in [0, 0.05) is 44.9 Å². The summed E-state index contributed by atoms with van der Waals surface area (Å²) in [6, 6.07) is 3.05. The van der Waals surface area contributed by atoms with E-state index in [0.29, 0.717) is 0 Å². The lowest BCUT2D eigenvalue weighted by atomic mass is 10.2. The molecule has 0 N–H and O–H groups in total. The smallest absolute Gasteiger partial charge is 0.244 e. The Balaban J connectivity index is 1.76. The number of hydrogen-bond acceptors (Lipinski definition) is 6. The maximum absolute atomic E-state index is 12.6. The van der Waals surface area contributed by atoms with E-state index in [9.17, 15) is 16.8 Å². The Morgan fingerprint density at radius 2 is 1.83 bits per heavy atom. The van der Waals surface area contributed by atoms with E-state index in [1.54, 1.807) is 19.3 Å². The normalized spacial score (nSPS) is 17.9. The van der Waals surface area contributed by atoms with E-state index >= 15 is 0 Å². The van der Waals surface area contributed by atoms with Gasteiger partial charge in [0.05, 0.1) is 5.25 Å². The van der Waals surface area contributed by atoms with Crippen molar-refractivity contribution in [2.45, 2.75) is 28.1 Å². The molecule has 0 amide bonds. The van der Waals surface area contributed by atoms with Crippen molar-refractivity contribution in [2.24, 2.45) is 7.05 Å². The molecule has 24 heavy (non-hydrogen) atoms. The SMILES string of the molecule is Cn1ccnc1S(=O)(=O)C1CCN(S(=O)(=O)c2cccnc2)CC1. The van der Waals surface area contributed by atoms with Crippen LogP contribution in [0.15, 0.2) is 47.0 Å². The van der Waals surface area contributed by atoms with Gasteiger partial charge in [-0.3, -0.25) is 4.98 Å². The van der Waals surface area contributed by atoms with Crippen LogP contribution in [-0.2, 0) is 26.9 Å². The molecule has 2 aromatic rings. The van der Waals surface area contributed by atoms with Gasteiger partial charge in [0.2, 0.25) is 25.0 Å². The first-order valence-corrected chi connectivity index (χ1v) is 10.4. The summed E-state index contributed by atoms with van der Waals surface area (Å²) in [6.07, 6.45) is 6.31. The van der Waals surface area contributed by atoms with Crippen molar-refractivity contribution < 1.29 is 16.8 Å². The number of pyridine rings is 1. The predicted molar refractivity (Wildman–Crippen MR) is 86.4 cm³/mol. The maximum Gasteiger partial charge on any atom is 0.244 e. The number of aromatic nitrogens is 3. The van der Waals surface area contributed by atoms with Gasteiger partial charge in [0.15, 0.2) is 0 Å². The summed E-state index contributed by atoms with van der Waals surface area (Å²) in [6.45, 7) is 0.317. The van der Waals surface area contributed by atoms with Crippen LogP contribution in [0.25, 0.3) is 0 Å². The fraction of sp³-hybridized carbons (Fsp3) is 0.429. The molecule has 0 aromatic carbocycles. The third-order valence-corrected chi connectivity index (χ3v) is 8.28. The summed E-state index contributed by atoms with van der Waals surface area (Å²) in [5.74, 6) is 0. The van der Waals surface area contributed by atoms with Crippen molar-refractivity contribution in [3.05, 3.63) is 36.9 Å². The number of hydrogen-bond donors (Lipinski definition) is 0. The molecule has 2 aromatic heterocycles. The van der Waals surface area contributed by atoms with Crippen LogP contribution in [0.3, 0.4) is 0 Å². The summed E-state index contributed by atoms with van der Waals surface area (Å²) in [7, 11) is -5.58. The zero-order valence-electron chi connectivity index (χ0n) is 13.1. The van der Waals surface area contributed by atoms with Crippen molar-refractivity contribution in [2.75, 3.05) is 13.1 Å². The Morgan fingerprint density at radius 3 is 2.38 bits per heavy atom. The minimum absolute atomic E-state index is 0.0241. The molecule has 8 nitrogen and oxygen atoms in total. The molecule has 0 spiro atoms. The van der Waals surface area contributed by atoms with Crippen molar-refractivity contribution in [3.8, 4) is 0 Å². The molecule has 1 saturated heterocycles. The predicted octanol–water partition coefficient (Wildman–Crippen LogP) is 0.442. The van der Waals surface area contributed by atoms with Crippen LogP contribution in [-0.4, -0.2) is 54.0 Å². The average molecular weight is 370 g/mol. The molecule has 3 heterocycles. The standard InChI is InChI=1S/C14H18N4O4S2/c1-17-10-7-16-14(17)23(19,20)12-4-8-18(9-5-12)24(21,22)13-3-2-6-15-11-13/h2-3,6-7,10-12H,4-5,8-9H2,1H3. The summed E-state index contributed by atoms with van der Waals surface area (Å²) >= 11 is 0. The average Bonchev–Trinajstić information content (AvgIpc) is 3.03. The van der Waals surface area contributed by atoms with Gasteiger partial charge in [-0.15, -0.1) is 0 Å². The van der Waals surface area contributed by atoms with E-state index in [4.69, 9.17) is 0 Å². The van der Waals surface area contributed by atoms with E-state index in [2.05, 4.69) is 9.97 Å². The largest absolute Gasteiger partial charge is 0.325 e. The highest BCUT2D eigenvalue weighted by molar-refractivity contribution is 7.92. The lowest BCUT2D eigenvalue weighted by molar-refractivity contribution is 0.344. The first-order chi connectivity index (χ1) is 11.3. The molecule has 130 valence electrons. The zero-order chi connectivity index (χ0) is 17.4. The lowest BCUT2D eigenvalue weighted by Gasteiger charge is -2.30. The van der Waals surface area contributed by atoms with Crippen LogP contribution in [0.1, 0.15) is 12.8 Å². The molecule has 1 aliphatic rings. The van der Waals surface area contributed by atoms with Crippen molar-refractivity contribution in [1.29, 1.82) is 0 Å². The quantitative estimate of drug-likeness (QED) is 0.774. The number of aryl methyl sites for hydroxylation is 1. The summed E-state index contributed by atoms with van der Waals surface area (Å²) in [5.41, 5.74) is 0. The highest BCUT2D eigenvalue weighted by Crippen LogP contribution is 2.26. The molecule has 0 radical (unpaired) electrons. The van der Waals surface area contributed by atoms with Gasteiger partial charge in [-0.1, -0.05) is 0 Å². The van der Waals surface area contributed by atoms with Gasteiger partial charge >= 0.3 is 0 Å². The van der Waals surface area contributed by atoms with E-state index in [1.165, 1.54) is 33.5 Å². The second-order valence-corrected chi connectivity index (χ2v) is 9.72. The number of sulfone groups is 1. The molecule has 1 aliphatic heterocycles. The first kappa shape index (κ1) is 17.1. The molecular weight excluding hydrogens is 352 g/mol. The molecule has 3 rings (SSSR count). The van der Waals surface area contributed by atoms with Gasteiger partial charge in [0.1, 0.15) is 4.90 Å². The number of imidazole rings is 1. The summed E-state index contributed by atoms with van der Waals surface area (Å²) in [4.78, 5) is 7.86. The summed E-state index contributed by atoms with van der Waals surface area (Å²) in [5, 5.41) is -0.602. The van der Waals surface area contributed by atoms with Crippen LogP contribution in [0.5, 0.6) is 0 Å². The molecular formula is C14H18N4O4S2. The number of rotatable bonds is 4. The molecule has 0 bridgehead atoms. The molecule has 10 heteroatoms. The number of nitrogens with zero attached hydrogens (tertiary/aromatic N) is 4. The van der Waals surface area contributed by atoms with Crippen molar-refractivity contribution in [3.63, 3.8) is 0 Å². The highest BCUT2D eigenvalue weighted by atomic mass is 32.2. The van der Waals surface area contributed by atoms with Gasteiger partial charge in [-0.2, -0.15) is 4.31 Å². The van der Waals surface area contributed by atoms with Gasteiger partial charge in [0.25, 0.3) is 0 Å². The van der Waals surface area contributed by atoms with Crippen LogP contribution in [0.4, 0.5) is 0 Å². The van der Waals surface area contributed by atoms with Gasteiger partial charge in [-0.25, -0.2) is 21.8 Å². The van der Waals surface area contributed by atoms with Crippen LogP contribution in [0, 0.1) is 0 Å². The third-order valence-electron chi connectivity index (χ3n) is 4.14. The molecule has 0 saturated carbocycles. The molecule has 1 fully saturated rings. The van der Waals surface area contributed by atoms with Crippen LogP contribution < -0.4 is 0 Å². The molecule has 0 aliphatic carbocycles. The molecule has 0 unspecified atom stereocenters. The van der Waals surface area contributed by atoms with Crippen molar-refractivity contribution in [1.82, 2.24) is 18.8 Å². The number of sulfonamides is 1. The lowest BCUT2D eigenvalue weighted by Crippen LogP contribution is -2.42. The fourth-order valence-electron chi connectivity index (χ4n) is 2.81. The Hall–Kier alpha value is -1.78. The van der Waals surface area contributed by atoms with Crippen molar-refractivity contribution >= 4 is 19.9 Å². The second-order valence-electron chi connectivity index (χ2n) is 5.66. The Bertz CT molecular complexity index is 915. The fourth-order valence-corrected chi connectivity index (χ4v) is 6.04. The van der Waals surface area contributed by atoms with E-state index in [-0.39, 0.29) is 36.0 Å². The topological polar surface area (TPSA) is 102 Å². The third kappa shape index (κ3) is 2.96. The van der Waals surface area contributed by atoms with Gasteiger partial charge in [-0.05, 0) is 25.0 Å². The first-order valence-electron chi connectivity index (χ1n) is 7.45. The van der Waals surface area contributed by atoms with E-state index in [1.807, 2.05) is 0 Å². The second kappa shape index (κ2) is 6.26. The Labute approximate surface area is 141 Å². The minimum Gasteiger partial charge on any atom is -0.325 e. The summed E-state index contributed by atoms with van der Waals surface area (Å²) < 4.78 is 53.1. The Morgan fingerprint density at radius 1 is 1.12 bits per heavy atom. The monoisotopic (exact) mass is 370 g/mol. The Kier molecular flexibility index (Phi) is 4.45. The van der Waals surface area contributed by atoms with E-state index in [0.717, 1.165) is 0 Å². The minimum atomic E-state index is -3.64. The van der Waals surface area contributed by atoms with Crippen LogP contribution >= 0.6 is 0 Å². The highest BCUT2D eigenvalue weighted by Gasteiger charge is 2.37.